The molecule has 4 aromatic carbocycles. The standard InChI is InChI=1S/C30H32O4SSi/c1-21-7-12-26(19-22(21)2)35(31,32)27-13-18-30(23(3)20-27)34-25-10-16-29(17-11-25)36(5,6)28-14-8-24(33-4)9-15-28/h7-20H,1-6H3. The lowest BCUT2D eigenvalue weighted by molar-refractivity contribution is 0.415. The number of methoxy groups -OCH3 is 1. The highest BCUT2D eigenvalue weighted by molar-refractivity contribution is 7.91. The molecule has 0 saturated heterocycles. The number of sulfone groups is 1. The van der Waals surface area contributed by atoms with Crippen LogP contribution in [0.4, 0.5) is 0 Å². The molecule has 6 heteroatoms. The fourth-order valence-electron chi connectivity index (χ4n) is 4.16. The molecule has 0 aliphatic heterocycles. The van der Waals surface area contributed by atoms with E-state index in [1.54, 1.807) is 37.4 Å². The Bertz CT molecular complexity index is 1490. The molecule has 0 unspecified atom stereocenters. The smallest absolute Gasteiger partial charge is 0.206 e. The van der Waals surface area contributed by atoms with E-state index >= 15 is 0 Å². The summed E-state index contributed by atoms with van der Waals surface area (Å²) in [6.07, 6.45) is 0. The van der Waals surface area contributed by atoms with Gasteiger partial charge in [-0.05, 0) is 92.1 Å². The third-order valence-corrected chi connectivity index (χ3v) is 12.2. The lowest BCUT2D eigenvalue weighted by Crippen LogP contribution is -2.52. The van der Waals surface area contributed by atoms with Crippen LogP contribution in [0.3, 0.4) is 0 Å². The van der Waals surface area contributed by atoms with Crippen LogP contribution in [0.25, 0.3) is 0 Å². The van der Waals surface area contributed by atoms with Crippen molar-refractivity contribution in [3.8, 4) is 17.2 Å². The zero-order valence-corrected chi connectivity index (χ0v) is 23.4. The summed E-state index contributed by atoms with van der Waals surface area (Å²) in [5.41, 5.74) is 2.78. The molecular weight excluding hydrogens is 484 g/mol. The van der Waals surface area contributed by atoms with Crippen molar-refractivity contribution in [1.29, 1.82) is 0 Å². The fourth-order valence-corrected chi connectivity index (χ4v) is 7.93. The molecule has 0 aromatic heterocycles. The minimum absolute atomic E-state index is 0.262. The van der Waals surface area contributed by atoms with Gasteiger partial charge < -0.3 is 9.47 Å². The van der Waals surface area contributed by atoms with E-state index in [1.807, 2.05) is 51.1 Å². The van der Waals surface area contributed by atoms with Crippen molar-refractivity contribution in [3.05, 3.63) is 102 Å². The van der Waals surface area contributed by atoms with Gasteiger partial charge in [0.05, 0.1) is 16.9 Å². The molecule has 0 amide bonds. The van der Waals surface area contributed by atoms with Crippen molar-refractivity contribution in [2.24, 2.45) is 0 Å². The lowest BCUT2D eigenvalue weighted by atomic mass is 10.1. The molecule has 36 heavy (non-hydrogen) atoms. The molecular formula is C30H32O4SSi. The minimum Gasteiger partial charge on any atom is -0.497 e. The number of aryl methyl sites for hydroxylation is 3. The summed E-state index contributed by atoms with van der Waals surface area (Å²) in [6, 6.07) is 26.8. The van der Waals surface area contributed by atoms with Gasteiger partial charge in [0.2, 0.25) is 9.84 Å². The Labute approximate surface area is 215 Å². The maximum Gasteiger partial charge on any atom is 0.206 e. The van der Waals surface area contributed by atoms with Gasteiger partial charge in [-0.3, -0.25) is 0 Å². The van der Waals surface area contributed by atoms with Gasteiger partial charge >= 0.3 is 0 Å². The van der Waals surface area contributed by atoms with Crippen LogP contribution in [0, 0.1) is 20.8 Å². The zero-order chi connectivity index (χ0) is 26.1. The highest BCUT2D eigenvalue weighted by Crippen LogP contribution is 2.30. The summed E-state index contributed by atoms with van der Waals surface area (Å²) in [4.78, 5) is 0.566. The first kappa shape index (κ1) is 25.7. The molecule has 0 bridgehead atoms. The molecule has 186 valence electrons. The SMILES string of the molecule is COc1ccc([Si](C)(C)c2ccc(Oc3ccc(S(=O)(=O)c4ccc(C)c(C)c4)cc3C)cc2)cc1. The average molecular weight is 517 g/mol. The first-order valence-corrected chi connectivity index (χ1v) is 16.4. The number of hydrogen-bond donors (Lipinski definition) is 0. The van der Waals surface area contributed by atoms with Crippen LogP contribution in [0.2, 0.25) is 13.1 Å². The van der Waals surface area contributed by atoms with Crippen LogP contribution < -0.4 is 19.8 Å². The van der Waals surface area contributed by atoms with Crippen molar-refractivity contribution in [1.82, 2.24) is 0 Å². The molecule has 0 spiro atoms. The van der Waals surface area contributed by atoms with E-state index in [2.05, 4.69) is 37.4 Å². The van der Waals surface area contributed by atoms with Crippen molar-refractivity contribution in [2.75, 3.05) is 7.11 Å². The normalized spacial score (nSPS) is 11.8. The second-order valence-corrected chi connectivity index (χ2v) is 16.0. The van der Waals surface area contributed by atoms with Gasteiger partial charge in [-0.15, -0.1) is 0 Å². The predicted octanol–water partition coefficient (Wildman–Crippen LogP) is 6.07. The van der Waals surface area contributed by atoms with Crippen molar-refractivity contribution < 1.29 is 17.9 Å². The second kappa shape index (κ2) is 9.95. The molecule has 4 nitrogen and oxygen atoms in total. The van der Waals surface area contributed by atoms with Gasteiger partial charge in [-0.2, -0.15) is 0 Å². The number of hydrogen-bond acceptors (Lipinski definition) is 4. The maximum absolute atomic E-state index is 13.2. The van der Waals surface area contributed by atoms with E-state index in [4.69, 9.17) is 9.47 Å². The van der Waals surface area contributed by atoms with E-state index in [0.717, 1.165) is 22.4 Å². The Morgan fingerprint density at radius 2 is 1.11 bits per heavy atom. The van der Waals surface area contributed by atoms with Crippen molar-refractivity contribution in [3.63, 3.8) is 0 Å². The Morgan fingerprint density at radius 1 is 0.611 bits per heavy atom. The van der Waals surface area contributed by atoms with Gasteiger partial charge in [0.25, 0.3) is 0 Å². The monoisotopic (exact) mass is 516 g/mol. The van der Waals surface area contributed by atoms with Crippen LogP contribution in [0.15, 0.2) is 94.7 Å². The summed E-state index contributed by atoms with van der Waals surface area (Å²) in [5, 5.41) is 2.62. The molecule has 0 saturated carbocycles. The van der Waals surface area contributed by atoms with Crippen LogP contribution in [-0.2, 0) is 9.84 Å². The third-order valence-electron chi connectivity index (χ3n) is 6.86. The number of benzene rings is 4. The van der Waals surface area contributed by atoms with E-state index in [-0.39, 0.29) is 4.90 Å². The van der Waals surface area contributed by atoms with Gasteiger partial charge in [0, 0.05) is 0 Å². The first-order valence-electron chi connectivity index (χ1n) is 11.9. The predicted molar refractivity (Wildman–Crippen MR) is 149 cm³/mol. The molecule has 0 fully saturated rings. The van der Waals surface area contributed by atoms with Crippen LogP contribution in [0.1, 0.15) is 16.7 Å². The molecule has 4 aromatic rings. The molecule has 0 N–H and O–H groups in total. The van der Waals surface area contributed by atoms with Gasteiger partial charge in [0.1, 0.15) is 25.3 Å². The summed E-state index contributed by atoms with van der Waals surface area (Å²) < 4.78 is 37.7. The van der Waals surface area contributed by atoms with Gasteiger partial charge in [0.15, 0.2) is 0 Å². The average Bonchev–Trinajstić information content (AvgIpc) is 2.87. The topological polar surface area (TPSA) is 52.6 Å². The van der Waals surface area contributed by atoms with E-state index < -0.39 is 17.9 Å². The summed E-state index contributed by atoms with van der Waals surface area (Å²) >= 11 is 0. The molecule has 0 radical (unpaired) electrons. The van der Waals surface area contributed by atoms with E-state index in [9.17, 15) is 8.42 Å². The van der Waals surface area contributed by atoms with Crippen molar-refractivity contribution in [2.45, 2.75) is 43.7 Å². The molecule has 0 heterocycles. The highest BCUT2D eigenvalue weighted by atomic mass is 32.2. The molecule has 4 rings (SSSR count). The fraction of sp³-hybridized carbons (Fsp3) is 0.200. The summed E-state index contributed by atoms with van der Waals surface area (Å²) in [6.45, 7) is 10.4. The number of rotatable bonds is 7. The third kappa shape index (κ3) is 5.10. The Kier molecular flexibility index (Phi) is 7.11. The first-order chi connectivity index (χ1) is 17.0. The lowest BCUT2D eigenvalue weighted by Gasteiger charge is -2.24. The minimum atomic E-state index is -3.60. The molecule has 0 aliphatic rings. The van der Waals surface area contributed by atoms with Gasteiger partial charge in [-0.25, -0.2) is 8.42 Å². The van der Waals surface area contributed by atoms with E-state index in [0.29, 0.717) is 16.4 Å². The molecule has 0 atom stereocenters. The van der Waals surface area contributed by atoms with Gasteiger partial charge in [-0.1, -0.05) is 53.8 Å². The largest absolute Gasteiger partial charge is 0.497 e. The highest BCUT2D eigenvalue weighted by Gasteiger charge is 2.26. The zero-order valence-electron chi connectivity index (χ0n) is 21.6. The van der Waals surface area contributed by atoms with Crippen LogP contribution in [-0.4, -0.2) is 23.6 Å². The van der Waals surface area contributed by atoms with Crippen LogP contribution >= 0.6 is 0 Å². The summed E-state index contributed by atoms with van der Waals surface area (Å²) in [7, 11) is -3.79. The second-order valence-electron chi connectivity index (χ2n) is 9.66. The number of ether oxygens (including phenoxy) is 2. The summed E-state index contributed by atoms with van der Waals surface area (Å²) in [5.74, 6) is 2.20. The Balaban J connectivity index is 1.54. The molecule has 0 aliphatic carbocycles. The van der Waals surface area contributed by atoms with Crippen molar-refractivity contribution >= 4 is 28.3 Å². The maximum atomic E-state index is 13.2. The van der Waals surface area contributed by atoms with Crippen LogP contribution in [0.5, 0.6) is 17.2 Å². The Hall–Kier alpha value is -3.35. The Morgan fingerprint density at radius 3 is 1.61 bits per heavy atom. The quantitative estimate of drug-likeness (QED) is 0.280. The van der Waals surface area contributed by atoms with E-state index in [1.165, 1.54) is 10.4 Å².